The first kappa shape index (κ1) is 11.5. The third-order valence-electron chi connectivity index (χ3n) is 2.37. The second-order valence-corrected chi connectivity index (χ2v) is 3.63. The maximum absolute atomic E-state index is 13.0. The summed E-state index contributed by atoms with van der Waals surface area (Å²) < 4.78 is 17.8. The van der Waals surface area contributed by atoms with E-state index in [4.69, 9.17) is 4.74 Å². The maximum atomic E-state index is 13.0. The molecule has 0 unspecified atom stereocenters. The van der Waals surface area contributed by atoms with Gasteiger partial charge >= 0.3 is 0 Å². The van der Waals surface area contributed by atoms with Crippen molar-refractivity contribution < 1.29 is 18.8 Å². The summed E-state index contributed by atoms with van der Waals surface area (Å²) in [5.41, 5.74) is -0.689. The molecule has 90 valence electrons. The van der Waals surface area contributed by atoms with Crippen LogP contribution in [0.25, 0.3) is 0 Å². The van der Waals surface area contributed by atoms with Gasteiger partial charge in [0.1, 0.15) is 11.4 Å². The van der Waals surface area contributed by atoms with E-state index in [0.29, 0.717) is 13.2 Å². The Labute approximate surface area is 95.5 Å². The summed E-state index contributed by atoms with van der Waals surface area (Å²) in [5.74, 6) is -1.35. The molecule has 0 spiro atoms. The zero-order valence-corrected chi connectivity index (χ0v) is 8.68. The molecule has 1 N–H and O–H groups in total. The average molecular weight is 240 g/mol. The largest absolute Gasteiger partial charge is 0.377 e. The molecule has 1 aliphatic rings. The van der Waals surface area contributed by atoms with Gasteiger partial charge in [0.25, 0.3) is 11.6 Å². The molecule has 1 fully saturated rings. The van der Waals surface area contributed by atoms with Crippen LogP contribution < -0.4 is 5.32 Å². The molecule has 1 amide bonds. The van der Waals surface area contributed by atoms with Crippen molar-refractivity contribution in [2.24, 2.45) is 0 Å². The first-order valence-corrected chi connectivity index (χ1v) is 4.90. The number of nitro benzene ring substituents is 1. The lowest BCUT2D eigenvalue weighted by atomic mass is 10.1. The highest BCUT2D eigenvalue weighted by Crippen LogP contribution is 2.19. The van der Waals surface area contributed by atoms with Crippen molar-refractivity contribution in [1.29, 1.82) is 0 Å². The van der Waals surface area contributed by atoms with Crippen molar-refractivity contribution in [3.05, 3.63) is 39.7 Å². The first-order chi connectivity index (χ1) is 8.08. The predicted molar refractivity (Wildman–Crippen MR) is 55.1 cm³/mol. The molecule has 1 saturated heterocycles. The van der Waals surface area contributed by atoms with Gasteiger partial charge in [-0.05, 0) is 12.1 Å². The number of benzene rings is 1. The normalized spacial score (nSPS) is 15.1. The van der Waals surface area contributed by atoms with Gasteiger partial charge in [-0.1, -0.05) is 0 Å². The van der Waals surface area contributed by atoms with Crippen LogP contribution >= 0.6 is 0 Å². The lowest BCUT2D eigenvalue weighted by Crippen LogP contribution is -2.48. The number of carbonyl (C=O) groups excluding carboxylic acids is 1. The third-order valence-corrected chi connectivity index (χ3v) is 2.37. The van der Waals surface area contributed by atoms with Crippen LogP contribution in [0.5, 0.6) is 0 Å². The van der Waals surface area contributed by atoms with E-state index in [1.807, 2.05) is 0 Å². The van der Waals surface area contributed by atoms with Crippen LogP contribution in [-0.4, -0.2) is 30.1 Å². The van der Waals surface area contributed by atoms with Gasteiger partial charge in [-0.3, -0.25) is 14.9 Å². The van der Waals surface area contributed by atoms with Crippen LogP contribution in [0.15, 0.2) is 18.2 Å². The van der Waals surface area contributed by atoms with E-state index in [1.54, 1.807) is 0 Å². The highest BCUT2D eigenvalue weighted by Gasteiger charge is 2.26. The van der Waals surface area contributed by atoms with Crippen LogP contribution in [0, 0.1) is 15.9 Å². The highest BCUT2D eigenvalue weighted by molar-refractivity contribution is 5.98. The van der Waals surface area contributed by atoms with Gasteiger partial charge in [0.15, 0.2) is 0 Å². The quantitative estimate of drug-likeness (QED) is 0.627. The number of hydrogen-bond acceptors (Lipinski definition) is 4. The van der Waals surface area contributed by atoms with Gasteiger partial charge in [0, 0.05) is 6.07 Å². The molecule has 1 aliphatic heterocycles. The minimum Gasteiger partial charge on any atom is -0.377 e. The topological polar surface area (TPSA) is 81.5 Å². The van der Waals surface area contributed by atoms with Gasteiger partial charge < -0.3 is 10.1 Å². The molecule has 0 radical (unpaired) electrons. The zero-order chi connectivity index (χ0) is 12.4. The van der Waals surface area contributed by atoms with E-state index < -0.39 is 22.3 Å². The van der Waals surface area contributed by atoms with Crippen LogP contribution in [0.1, 0.15) is 10.4 Å². The Morgan fingerprint density at radius 1 is 1.53 bits per heavy atom. The van der Waals surface area contributed by atoms with Crippen molar-refractivity contribution in [2.75, 3.05) is 13.2 Å². The van der Waals surface area contributed by atoms with Crippen molar-refractivity contribution >= 4 is 11.6 Å². The van der Waals surface area contributed by atoms with Crippen LogP contribution in [-0.2, 0) is 4.74 Å². The summed E-state index contributed by atoms with van der Waals surface area (Å²) in [6.07, 6.45) is 0. The van der Waals surface area contributed by atoms with Crippen LogP contribution in [0.2, 0.25) is 0 Å². The van der Waals surface area contributed by atoms with Gasteiger partial charge in [0.2, 0.25) is 0 Å². The van der Waals surface area contributed by atoms with Crippen LogP contribution in [0.4, 0.5) is 10.1 Å². The molecule has 0 aromatic heterocycles. The molecule has 6 nitrogen and oxygen atoms in total. The summed E-state index contributed by atoms with van der Waals surface area (Å²) >= 11 is 0. The van der Waals surface area contributed by atoms with E-state index in [2.05, 4.69) is 5.32 Å². The van der Waals surface area contributed by atoms with E-state index in [0.717, 1.165) is 18.2 Å². The Hall–Kier alpha value is -2.02. The second kappa shape index (κ2) is 4.46. The Morgan fingerprint density at radius 2 is 2.24 bits per heavy atom. The SMILES string of the molecule is O=C(NC1COC1)c1cc(F)ccc1[N+](=O)[O-]. The van der Waals surface area contributed by atoms with Gasteiger partial charge in [-0.25, -0.2) is 4.39 Å². The van der Waals surface area contributed by atoms with Crippen LogP contribution in [0.3, 0.4) is 0 Å². The Kier molecular flexibility index (Phi) is 3.01. The molecule has 7 heteroatoms. The fourth-order valence-electron chi connectivity index (χ4n) is 1.43. The summed E-state index contributed by atoms with van der Waals surface area (Å²) in [5, 5.41) is 13.2. The standard InChI is InChI=1S/C10H9FN2O4/c11-6-1-2-9(13(15)16)8(3-6)10(14)12-7-4-17-5-7/h1-3,7H,4-5H2,(H,12,14). The summed E-state index contributed by atoms with van der Waals surface area (Å²) in [4.78, 5) is 21.7. The molecular weight excluding hydrogens is 231 g/mol. The number of carbonyl (C=O) groups is 1. The molecule has 0 bridgehead atoms. The Morgan fingerprint density at radius 3 is 2.76 bits per heavy atom. The number of nitrogens with zero attached hydrogens (tertiary/aromatic N) is 1. The van der Waals surface area contributed by atoms with E-state index in [1.165, 1.54) is 0 Å². The molecule has 2 rings (SSSR count). The zero-order valence-electron chi connectivity index (χ0n) is 8.68. The fraction of sp³-hybridized carbons (Fsp3) is 0.300. The maximum Gasteiger partial charge on any atom is 0.282 e. The number of rotatable bonds is 3. The molecule has 0 aliphatic carbocycles. The molecule has 1 aromatic carbocycles. The summed E-state index contributed by atoms with van der Waals surface area (Å²) in [7, 11) is 0. The number of ether oxygens (including phenoxy) is 1. The molecule has 0 atom stereocenters. The smallest absolute Gasteiger partial charge is 0.282 e. The average Bonchev–Trinajstić information content (AvgIpc) is 2.22. The van der Waals surface area contributed by atoms with Crippen molar-refractivity contribution in [3.8, 4) is 0 Å². The summed E-state index contributed by atoms with van der Waals surface area (Å²) in [6.45, 7) is 0.740. The van der Waals surface area contributed by atoms with Gasteiger partial charge in [-0.2, -0.15) is 0 Å². The Bertz CT molecular complexity index is 473. The van der Waals surface area contributed by atoms with Crippen molar-refractivity contribution in [3.63, 3.8) is 0 Å². The summed E-state index contributed by atoms with van der Waals surface area (Å²) in [6, 6.07) is 2.61. The lowest BCUT2D eigenvalue weighted by molar-refractivity contribution is -0.385. The molecule has 1 heterocycles. The van der Waals surface area contributed by atoms with E-state index in [-0.39, 0.29) is 11.6 Å². The highest BCUT2D eigenvalue weighted by atomic mass is 19.1. The van der Waals surface area contributed by atoms with Gasteiger partial charge in [0.05, 0.1) is 24.2 Å². The number of nitro groups is 1. The van der Waals surface area contributed by atoms with Crippen molar-refractivity contribution in [1.82, 2.24) is 5.32 Å². The predicted octanol–water partition coefficient (Wildman–Crippen LogP) is 0.862. The van der Waals surface area contributed by atoms with Gasteiger partial charge in [-0.15, -0.1) is 0 Å². The monoisotopic (exact) mass is 240 g/mol. The number of hydrogen-bond donors (Lipinski definition) is 1. The number of amides is 1. The fourth-order valence-corrected chi connectivity index (χ4v) is 1.43. The van der Waals surface area contributed by atoms with E-state index >= 15 is 0 Å². The van der Waals surface area contributed by atoms with Crippen molar-refractivity contribution in [2.45, 2.75) is 6.04 Å². The molecule has 1 aromatic rings. The molecule has 17 heavy (non-hydrogen) atoms. The minimum absolute atomic E-state index is 0.162. The first-order valence-electron chi connectivity index (χ1n) is 4.90. The Balaban J connectivity index is 2.25. The third kappa shape index (κ3) is 2.39. The second-order valence-electron chi connectivity index (χ2n) is 3.63. The lowest BCUT2D eigenvalue weighted by Gasteiger charge is -2.26. The molecular formula is C10H9FN2O4. The van der Waals surface area contributed by atoms with E-state index in [9.17, 15) is 19.3 Å². The number of halogens is 1. The molecule has 0 saturated carbocycles. The minimum atomic E-state index is -0.717. The number of nitrogens with one attached hydrogen (secondary N) is 1.